The highest BCUT2D eigenvalue weighted by molar-refractivity contribution is 7.80. The van der Waals surface area contributed by atoms with E-state index in [1.807, 2.05) is 18.2 Å². The van der Waals surface area contributed by atoms with E-state index >= 15 is 0 Å². The number of rotatable bonds is 5. The van der Waals surface area contributed by atoms with Crippen LogP contribution in [0.15, 0.2) is 48.5 Å². The highest BCUT2D eigenvalue weighted by Gasteiger charge is 2.08. The van der Waals surface area contributed by atoms with Gasteiger partial charge in [-0.1, -0.05) is 60.7 Å². The third-order valence-corrected chi connectivity index (χ3v) is 3.64. The molecule has 104 valence electrons. The quantitative estimate of drug-likeness (QED) is 0.855. The zero-order valence-electron chi connectivity index (χ0n) is 12.0. The van der Waals surface area contributed by atoms with Crippen molar-refractivity contribution in [3.8, 4) is 0 Å². The molecule has 0 saturated carbocycles. The maximum atomic E-state index is 5.78. The average molecular weight is 284 g/mol. The first kappa shape index (κ1) is 14.7. The third kappa shape index (κ3) is 3.65. The summed E-state index contributed by atoms with van der Waals surface area (Å²) in [7, 11) is 2.11. The van der Waals surface area contributed by atoms with Gasteiger partial charge in [-0.05, 0) is 30.7 Å². The molecule has 0 heterocycles. The van der Waals surface area contributed by atoms with Crippen molar-refractivity contribution in [3.05, 3.63) is 70.8 Å². The van der Waals surface area contributed by atoms with Crippen LogP contribution in [-0.2, 0) is 13.1 Å². The van der Waals surface area contributed by atoms with E-state index in [2.05, 4.69) is 49.2 Å². The number of aryl methyl sites for hydroxylation is 1. The number of thiocarbonyl (C=S) groups is 1. The number of nitrogens with zero attached hydrogens (tertiary/aromatic N) is 1. The van der Waals surface area contributed by atoms with Crippen LogP contribution in [0.4, 0.5) is 0 Å². The van der Waals surface area contributed by atoms with E-state index in [9.17, 15) is 0 Å². The molecule has 0 fully saturated rings. The van der Waals surface area contributed by atoms with Crippen LogP contribution in [0.1, 0.15) is 22.3 Å². The third-order valence-electron chi connectivity index (χ3n) is 3.42. The lowest BCUT2D eigenvalue weighted by atomic mass is 10.1. The van der Waals surface area contributed by atoms with E-state index in [-0.39, 0.29) is 0 Å². The Balaban J connectivity index is 2.11. The van der Waals surface area contributed by atoms with Crippen LogP contribution in [-0.4, -0.2) is 16.9 Å². The van der Waals surface area contributed by atoms with Crippen molar-refractivity contribution < 1.29 is 0 Å². The molecule has 2 aromatic rings. The molecule has 0 aliphatic heterocycles. The molecule has 0 bridgehead atoms. The monoisotopic (exact) mass is 284 g/mol. The van der Waals surface area contributed by atoms with Crippen LogP contribution >= 0.6 is 12.2 Å². The van der Waals surface area contributed by atoms with Crippen LogP contribution in [0.5, 0.6) is 0 Å². The van der Waals surface area contributed by atoms with Crippen LogP contribution < -0.4 is 5.73 Å². The van der Waals surface area contributed by atoms with E-state index < -0.39 is 0 Å². The molecule has 2 nitrogen and oxygen atoms in total. The summed E-state index contributed by atoms with van der Waals surface area (Å²) in [5.74, 6) is 0. The summed E-state index contributed by atoms with van der Waals surface area (Å²) in [5.41, 5.74) is 10.6. The van der Waals surface area contributed by atoms with Gasteiger partial charge in [0.1, 0.15) is 4.99 Å². The summed E-state index contributed by atoms with van der Waals surface area (Å²) < 4.78 is 0. The Hall–Kier alpha value is -1.71. The molecule has 0 aliphatic carbocycles. The number of hydrogen-bond donors (Lipinski definition) is 1. The van der Waals surface area contributed by atoms with E-state index in [0.717, 1.165) is 18.7 Å². The van der Waals surface area contributed by atoms with Crippen LogP contribution in [0.3, 0.4) is 0 Å². The highest BCUT2D eigenvalue weighted by Crippen LogP contribution is 2.14. The topological polar surface area (TPSA) is 29.3 Å². The average Bonchev–Trinajstić information content (AvgIpc) is 2.41. The Morgan fingerprint density at radius 1 is 1.00 bits per heavy atom. The predicted octanol–water partition coefficient (Wildman–Crippen LogP) is 3.26. The number of nitrogens with two attached hydrogens (primary N) is 1. The molecule has 3 heteroatoms. The molecule has 0 aromatic heterocycles. The summed E-state index contributed by atoms with van der Waals surface area (Å²) in [5, 5.41) is 0. The van der Waals surface area contributed by atoms with Crippen molar-refractivity contribution in [2.24, 2.45) is 5.73 Å². The minimum Gasteiger partial charge on any atom is -0.389 e. The molecule has 0 atom stereocenters. The van der Waals surface area contributed by atoms with Gasteiger partial charge >= 0.3 is 0 Å². The Kier molecular flexibility index (Phi) is 4.88. The van der Waals surface area contributed by atoms with Gasteiger partial charge in [-0.2, -0.15) is 0 Å². The molecule has 0 spiro atoms. The lowest BCUT2D eigenvalue weighted by molar-refractivity contribution is 0.318. The van der Waals surface area contributed by atoms with Gasteiger partial charge in [-0.15, -0.1) is 0 Å². The largest absolute Gasteiger partial charge is 0.389 e. The zero-order valence-corrected chi connectivity index (χ0v) is 12.8. The molecule has 2 rings (SSSR count). The van der Waals surface area contributed by atoms with Gasteiger partial charge in [0.25, 0.3) is 0 Å². The van der Waals surface area contributed by atoms with E-state index in [1.54, 1.807) is 0 Å². The molecule has 0 saturated heterocycles. The fourth-order valence-electron chi connectivity index (χ4n) is 2.32. The summed E-state index contributed by atoms with van der Waals surface area (Å²) >= 11 is 5.11. The van der Waals surface area contributed by atoms with E-state index in [1.165, 1.54) is 16.7 Å². The summed E-state index contributed by atoms with van der Waals surface area (Å²) in [6.45, 7) is 3.90. The maximum absolute atomic E-state index is 5.78. The lowest BCUT2D eigenvalue weighted by Crippen LogP contribution is -2.21. The maximum Gasteiger partial charge on any atom is 0.104 e. The SMILES string of the molecule is Cc1ccccc1CN(C)Cc1ccccc1C(N)=S. The van der Waals surface area contributed by atoms with Crippen molar-refractivity contribution in [3.63, 3.8) is 0 Å². The van der Waals surface area contributed by atoms with Crippen molar-refractivity contribution in [1.29, 1.82) is 0 Å². The minimum atomic E-state index is 0.463. The number of hydrogen-bond acceptors (Lipinski definition) is 2. The molecule has 2 N–H and O–H groups in total. The first-order chi connectivity index (χ1) is 9.58. The van der Waals surface area contributed by atoms with Gasteiger partial charge in [0, 0.05) is 18.7 Å². The van der Waals surface area contributed by atoms with Gasteiger partial charge in [-0.25, -0.2) is 0 Å². The first-order valence-electron chi connectivity index (χ1n) is 6.68. The van der Waals surface area contributed by atoms with Crippen LogP contribution in [0, 0.1) is 6.92 Å². The molecule has 0 unspecified atom stereocenters. The van der Waals surface area contributed by atoms with Gasteiger partial charge < -0.3 is 5.73 Å². The van der Waals surface area contributed by atoms with Gasteiger partial charge in [-0.3, -0.25) is 4.90 Å². The van der Waals surface area contributed by atoms with Gasteiger partial charge in [0.05, 0.1) is 0 Å². The molecular formula is C17H20N2S. The second-order valence-electron chi connectivity index (χ2n) is 5.12. The second-order valence-corrected chi connectivity index (χ2v) is 5.56. The zero-order chi connectivity index (χ0) is 14.5. The van der Waals surface area contributed by atoms with Crippen molar-refractivity contribution in [1.82, 2.24) is 4.90 Å². The van der Waals surface area contributed by atoms with Crippen LogP contribution in [0.2, 0.25) is 0 Å². The molecule has 0 amide bonds. The summed E-state index contributed by atoms with van der Waals surface area (Å²) in [6.07, 6.45) is 0. The van der Waals surface area contributed by atoms with Crippen molar-refractivity contribution >= 4 is 17.2 Å². The molecule has 0 aliphatic rings. The predicted molar refractivity (Wildman–Crippen MR) is 88.7 cm³/mol. The van der Waals surface area contributed by atoms with E-state index in [0.29, 0.717) is 4.99 Å². The first-order valence-corrected chi connectivity index (χ1v) is 7.09. The Morgan fingerprint density at radius 3 is 2.20 bits per heavy atom. The van der Waals surface area contributed by atoms with Gasteiger partial charge in [0.15, 0.2) is 0 Å². The standard InChI is InChI=1S/C17H20N2S/c1-13-7-3-4-8-14(13)11-19(2)12-15-9-5-6-10-16(15)17(18)20/h3-10H,11-12H2,1-2H3,(H2,18,20). The fourth-order valence-corrected chi connectivity index (χ4v) is 2.52. The fraction of sp³-hybridized carbons (Fsp3) is 0.235. The molecular weight excluding hydrogens is 264 g/mol. The van der Waals surface area contributed by atoms with Gasteiger partial charge in [0.2, 0.25) is 0 Å². The minimum absolute atomic E-state index is 0.463. The lowest BCUT2D eigenvalue weighted by Gasteiger charge is -2.19. The molecule has 0 radical (unpaired) electrons. The van der Waals surface area contributed by atoms with E-state index in [4.69, 9.17) is 18.0 Å². The molecule has 20 heavy (non-hydrogen) atoms. The van der Waals surface area contributed by atoms with Crippen molar-refractivity contribution in [2.45, 2.75) is 20.0 Å². The smallest absolute Gasteiger partial charge is 0.104 e. The Morgan fingerprint density at radius 2 is 1.55 bits per heavy atom. The van der Waals surface area contributed by atoms with Crippen LogP contribution in [0.25, 0.3) is 0 Å². The normalized spacial score (nSPS) is 10.8. The van der Waals surface area contributed by atoms with Crippen molar-refractivity contribution in [2.75, 3.05) is 7.05 Å². The number of benzene rings is 2. The highest BCUT2D eigenvalue weighted by atomic mass is 32.1. The Labute approximate surface area is 126 Å². The summed E-state index contributed by atoms with van der Waals surface area (Å²) in [4.78, 5) is 2.74. The summed E-state index contributed by atoms with van der Waals surface area (Å²) in [6, 6.07) is 16.5. The Bertz CT molecular complexity index is 607. The molecule has 2 aromatic carbocycles. The second kappa shape index (κ2) is 6.64.